The summed E-state index contributed by atoms with van der Waals surface area (Å²) < 4.78 is 20.2. The first kappa shape index (κ1) is 17.9. The van der Waals surface area contributed by atoms with Crippen LogP contribution in [0.1, 0.15) is 6.42 Å². The van der Waals surface area contributed by atoms with Crippen LogP contribution in [-0.2, 0) is 9.53 Å². The van der Waals surface area contributed by atoms with Crippen LogP contribution in [0, 0.1) is 5.82 Å². The Morgan fingerprint density at radius 3 is 2.78 bits per heavy atom. The number of amides is 1. The maximum Gasteiger partial charge on any atom is 0.258 e. The van der Waals surface area contributed by atoms with Gasteiger partial charge in [0.15, 0.2) is 5.60 Å². The van der Waals surface area contributed by atoms with E-state index in [1.807, 2.05) is 12.1 Å². The summed E-state index contributed by atoms with van der Waals surface area (Å²) in [6, 6.07) is 11.6. The molecule has 1 atom stereocenters. The van der Waals surface area contributed by atoms with Crippen molar-refractivity contribution in [2.45, 2.75) is 12.0 Å². The highest BCUT2D eigenvalue weighted by Crippen LogP contribution is 2.31. The number of carbonyl (C=O) groups excluding carboxylic acids is 1. The van der Waals surface area contributed by atoms with Gasteiger partial charge in [0.2, 0.25) is 0 Å². The molecule has 6 nitrogen and oxygen atoms in total. The van der Waals surface area contributed by atoms with Gasteiger partial charge in [-0.3, -0.25) is 9.89 Å². The number of aromatic nitrogens is 2. The van der Waals surface area contributed by atoms with Crippen LogP contribution in [0.3, 0.4) is 0 Å². The molecule has 2 heterocycles. The van der Waals surface area contributed by atoms with E-state index in [0.717, 1.165) is 16.5 Å². The van der Waals surface area contributed by atoms with Gasteiger partial charge in [0.05, 0.1) is 17.8 Å². The molecular formula is C19H18ClFN4O2. The van der Waals surface area contributed by atoms with Gasteiger partial charge >= 0.3 is 0 Å². The zero-order valence-electron chi connectivity index (χ0n) is 14.6. The van der Waals surface area contributed by atoms with E-state index in [1.165, 1.54) is 19.2 Å². The second kappa shape index (κ2) is 6.92. The molecule has 8 heteroatoms. The van der Waals surface area contributed by atoms with E-state index >= 15 is 0 Å². The van der Waals surface area contributed by atoms with Gasteiger partial charge in [-0.05, 0) is 54.2 Å². The minimum absolute atomic E-state index is 0.237. The molecule has 1 aliphatic rings. The van der Waals surface area contributed by atoms with Crippen molar-refractivity contribution in [3.05, 3.63) is 48.3 Å². The van der Waals surface area contributed by atoms with E-state index in [2.05, 4.69) is 15.5 Å². The number of aromatic amines is 1. The number of H-pyrrole nitrogens is 1. The minimum Gasteiger partial charge on any atom is -0.367 e. The summed E-state index contributed by atoms with van der Waals surface area (Å²) in [7, 11) is 1.52. The highest BCUT2D eigenvalue weighted by atomic mass is 35.5. The first-order valence-corrected chi connectivity index (χ1v) is 8.86. The van der Waals surface area contributed by atoms with Gasteiger partial charge in [0.25, 0.3) is 5.91 Å². The Balaban J connectivity index is 1.64. The molecule has 140 valence electrons. The van der Waals surface area contributed by atoms with Gasteiger partial charge in [0.1, 0.15) is 5.82 Å². The third kappa shape index (κ3) is 3.29. The fourth-order valence-electron chi connectivity index (χ4n) is 3.35. The maximum absolute atomic E-state index is 13.2. The number of methoxy groups -OCH3 is 1. The predicted octanol–water partition coefficient (Wildman–Crippen LogP) is 3.55. The number of nitrogens with one attached hydrogen (secondary N) is 2. The van der Waals surface area contributed by atoms with Crippen LogP contribution in [0.25, 0.3) is 22.2 Å². The van der Waals surface area contributed by atoms with Gasteiger partial charge in [-0.1, -0.05) is 0 Å². The van der Waals surface area contributed by atoms with E-state index in [1.54, 1.807) is 22.6 Å². The molecule has 3 aromatic rings. The van der Waals surface area contributed by atoms with Crippen molar-refractivity contribution in [3.8, 4) is 11.3 Å². The second-order valence-electron chi connectivity index (χ2n) is 6.59. The average Bonchev–Trinajstić information content (AvgIpc) is 3.26. The molecule has 4 rings (SSSR count). The predicted molar refractivity (Wildman–Crippen MR) is 102 cm³/mol. The summed E-state index contributed by atoms with van der Waals surface area (Å²) in [5.74, 6) is -0.541. The quantitative estimate of drug-likeness (QED) is 0.670. The fourth-order valence-corrected chi connectivity index (χ4v) is 3.62. The molecule has 2 N–H and O–H groups in total. The Labute approximate surface area is 160 Å². The largest absolute Gasteiger partial charge is 0.367 e. The molecule has 0 saturated carbocycles. The van der Waals surface area contributed by atoms with Gasteiger partial charge in [-0.15, -0.1) is 0 Å². The maximum atomic E-state index is 13.2. The van der Waals surface area contributed by atoms with Crippen molar-refractivity contribution in [1.82, 2.24) is 14.6 Å². The van der Waals surface area contributed by atoms with E-state index in [-0.39, 0.29) is 11.7 Å². The molecule has 1 aromatic heterocycles. The number of halogens is 2. The third-order valence-corrected chi connectivity index (χ3v) is 5.22. The average molecular weight is 389 g/mol. The molecule has 0 aliphatic carbocycles. The van der Waals surface area contributed by atoms with Gasteiger partial charge in [-0.2, -0.15) is 5.10 Å². The van der Waals surface area contributed by atoms with Crippen molar-refractivity contribution in [3.63, 3.8) is 0 Å². The SMILES string of the molecule is CO[C@@]1(C(=O)Nc2ccc3[nH]nc(-c4ccc(F)cc4)c3c2)CCN(Cl)C1. The van der Waals surface area contributed by atoms with Crippen molar-refractivity contribution >= 4 is 34.3 Å². The summed E-state index contributed by atoms with van der Waals surface area (Å²) in [6.07, 6.45) is 0.521. The first-order chi connectivity index (χ1) is 13.0. The van der Waals surface area contributed by atoms with E-state index in [4.69, 9.17) is 16.5 Å². The van der Waals surface area contributed by atoms with Crippen LogP contribution in [-0.4, -0.2) is 46.3 Å². The molecule has 27 heavy (non-hydrogen) atoms. The second-order valence-corrected chi connectivity index (χ2v) is 7.06. The van der Waals surface area contributed by atoms with Crippen molar-refractivity contribution < 1.29 is 13.9 Å². The lowest BCUT2D eigenvalue weighted by atomic mass is 10.0. The molecule has 1 fully saturated rings. The lowest BCUT2D eigenvalue weighted by Gasteiger charge is -2.25. The Kier molecular flexibility index (Phi) is 4.59. The van der Waals surface area contributed by atoms with Crippen LogP contribution in [0.4, 0.5) is 10.1 Å². The number of hydrogen-bond acceptors (Lipinski definition) is 4. The first-order valence-electron chi connectivity index (χ1n) is 8.52. The van der Waals surface area contributed by atoms with Gasteiger partial charge < -0.3 is 10.1 Å². The molecular weight excluding hydrogens is 371 g/mol. The molecule has 0 spiro atoms. The highest BCUT2D eigenvalue weighted by Gasteiger charge is 2.44. The van der Waals surface area contributed by atoms with Gasteiger partial charge in [-0.25, -0.2) is 8.81 Å². The monoisotopic (exact) mass is 388 g/mol. The fraction of sp³-hybridized carbons (Fsp3) is 0.263. The smallest absolute Gasteiger partial charge is 0.258 e. The molecule has 2 aromatic carbocycles. The van der Waals surface area contributed by atoms with Crippen molar-refractivity contribution in [2.24, 2.45) is 0 Å². The Bertz CT molecular complexity index is 991. The standard InChI is InChI=1S/C19H18ClFN4O2/c1-27-19(8-9-25(20)11-19)18(26)22-14-6-7-16-15(10-14)17(24-23-16)12-2-4-13(21)5-3-12/h2-7,10H,8-9,11H2,1H3,(H,22,26)(H,23,24)/t19-/m0/s1. The third-order valence-electron chi connectivity index (χ3n) is 4.93. The summed E-state index contributed by atoms with van der Waals surface area (Å²) in [5.41, 5.74) is 1.96. The zero-order valence-corrected chi connectivity index (χ0v) is 15.4. The molecule has 0 bridgehead atoms. The molecule has 0 radical (unpaired) electrons. The Morgan fingerprint density at radius 2 is 2.11 bits per heavy atom. The molecule has 0 unspecified atom stereocenters. The Morgan fingerprint density at radius 1 is 1.33 bits per heavy atom. The lowest BCUT2D eigenvalue weighted by Crippen LogP contribution is -2.46. The van der Waals surface area contributed by atoms with Crippen molar-refractivity contribution in [2.75, 3.05) is 25.5 Å². The number of rotatable bonds is 4. The summed E-state index contributed by atoms with van der Waals surface area (Å²) in [4.78, 5) is 12.8. The minimum atomic E-state index is -0.965. The number of fused-ring (bicyclic) bond motifs is 1. The number of hydrogen-bond donors (Lipinski definition) is 2. The number of carbonyl (C=O) groups is 1. The lowest BCUT2D eigenvalue weighted by molar-refractivity contribution is -0.135. The van der Waals surface area contributed by atoms with Crippen LogP contribution in [0.15, 0.2) is 42.5 Å². The number of benzene rings is 2. The number of anilines is 1. The van der Waals surface area contributed by atoms with E-state index in [0.29, 0.717) is 30.9 Å². The highest BCUT2D eigenvalue weighted by molar-refractivity contribution is 6.14. The summed E-state index contributed by atoms with van der Waals surface area (Å²) >= 11 is 6.02. The molecule has 1 saturated heterocycles. The van der Waals surface area contributed by atoms with E-state index < -0.39 is 5.60 Å². The number of nitrogens with zero attached hydrogens (tertiary/aromatic N) is 2. The molecule has 1 amide bonds. The zero-order chi connectivity index (χ0) is 19.0. The van der Waals surface area contributed by atoms with Crippen LogP contribution in [0.2, 0.25) is 0 Å². The molecule has 1 aliphatic heterocycles. The van der Waals surface area contributed by atoms with Crippen molar-refractivity contribution in [1.29, 1.82) is 0 Å². The van der Waals surface area contributed by atoms with Crippen LogP contribution < -0.4 is 5.32 Å². The van der Waals surface area contributed by atoms with Crippen LogP contribution >= 0.6 is 11.8 Å². The van der Waals surface area contributed by atoms with E-state index in [9.17, 15) is 9.18 Å². The summed E-state index contributed by atoms with van der Waals surface area (Å²) in [6.45, 7) is 0.907. The number of ether oxygens (including phenoxy) is 1. The topological polar surface area (TPSA) is 70.2 Å². The van der Waals surface area contributed by atoms with Crippen LogP contribution in [0.5, 0.6) is 0 Å². The normalized spacial score (nSPS) is 20.3. The summed E-state index contributed by atoms with van der Waals surface area (Å²) in [5, 5.41) is 11.0. The Hall–Kier alpha value is -2.48. The van der Waals surface area contributed by atoms with Gasteiger partial charge in [0, 0.05) is 36.7 Å².